The van der Waals surface area contributed by atoms with Crippen molar-refractivity contribution >= 4 is 27.7 Å². The van der Waals surface area contributed by atoms with E-state index in [2.05, 4.69) is 32.2 Å². The molecule has 0 atom stereocenters. The van der Waals surface area contributed by atoms with Gasteiger partial charge in [-0.3, -0.25) is 0 Å². The molecule has 3 rings (SSSR count). The number of hydrogen-bond donors (Lipinski definition) is 0. The van der Waals surface area contributed by atoms with Gasteiger partial charge in [0.25, 0.3) is 0 Å². The summed E-state index contributed by atoms with van der Waals surface area (Å²) in [5.41, 5.74) is 1.18. The normalized spacial score (nSPS) is 10.7. The molecular weight excluding hydrogens is 402 g/mol. The van der Waals surface area contributed by atoms with Crippen LogP contribution in [0.15, 0.2) is 58.2 Å². The molecule has 0 radical (unpaired) electrons. The molecule has 130 valence electrons. The molecule has 0 saturated heterocycles. The zero-order valence-electron chi connectivity index (χ0n) is 14.0. The maximum absolute atomic E-state index is 5.76. The second-order valence-corrected chi connectivity index (χ2v) is 7.20. The molecule has 7 heteroatoms. The van der Waals surface area contributed by atoms with Crippen molar-refractivity contribution in [3.05, 3.63) is 64.4 Å². The van der Waals surface area contributed by atoms with Crippen molar-refractivity contribution in [1.82, 2.24) is 14.8 Å². The molecule has 3 aromatic rings. The number of ether oxygens (including phenoxy) is 2. The molecule has 1 aromatic heterocycles. The van der Waals surface area contributed by atoms with Crippen LogP contribution in [0.5, 0.6) is 11.5 Å². The first-order valence-electron chi connectivity index (χ1n) is 7.68. The lowest BCUT2D eigenvalue weighted by molar-refractivity contribution is 0.290. The highest BCUT2D eigenvalue weighted by Crippen LogP contribution is 2.24. The number of benzene rings is 2. The van der Waals surface area contributed by atoms with E-state index in [1.807, 2.05) is 54.1 Å². The monoisotopic (exact) mass is 419 g/mol. The Bertz CT molecular complexity index is 837. The Labute approximate surface area is 159 Å². The molecule has 25 heavy (non-hydrogen) atoms. The second-order valence-electron chi connectivity index (χ2n) is 5.34. The van der Waals surface area contributed by atoms with Crippen LogP contribution >= 0.6 is 27.7 Å². The summed E-state index contributed by atoms with van der Waals surface area (Å²) in [6.45, 7) is 0.380. The minimum Gasteiger partial charge on any atom is -0.497 e. The molecule has 2 aromatic carbocycles. The van der Waals surface area contributed by atoms with E-state index in [0.29, 0.717) is 6.61 Å². The third kappa shape index (κ3) is 4.76. The zero-order chi connectivity index (χ0) is 17.6. The Kier molecular flexibility index (Phi) is 5.99. The predicted molar refractivity (Wildman–Crippen MR) is 102 cm³/mol. The van der Waals surface area contributed by atoms with Crippen molar-refractivity contribution in [2.75, 3.05) is 7.11 Å². The van der Waals surface area contributed by atoms with Gasteiger partial charge in [-0.1, -0.05) is 39.8 Å². The maximum Gasteiger partial charge on any atom is 0.191 e. The van der Waals surface area contributed by atoms with Crippen LogP contribution in [-0.2, 0) is 19.4 Å². The van der Waals surface area contributed by atoms with Crippen LogP contribution in [0.2, 0.25) is 0 Å². The minimum absolute atomic E-state index is 0.380. The molecule has 0 aliphatic rings. The van der Waals surface area contributed by atoms with Gasteiger partial charge in [-0.15, -0.1) is 10.2 Å². The molecule has 0 saturated carbocycles. The quantitative estimate of drug-likeness (QED) is 0.529. The van der Waals surface area contributed by atoms with E-state index in [4.69, 9.17) is 9.47 Å². The van der Waals surface area contributed by atoms with Gasteiger partial charge < -0.3 is 14.0 Å². The molecule has 0 N–H and O–H groups in total. The van der Waals surface area contributed by atoms with Crippen molar-refractivity contribution in [1.29, 1.82) is 0 Å². The largest absolute Gasteiger partial charge is 0.497 e. The molecule has 0 spiro atoms. The zero-order valence-corrected chi connectivity index (χ0v) is 16.4. The summed E-state index contributed by atoms with van der Waals surface area (Å²) in [5, 5.41) is 9.34. The van der Waals surface area contributed by atoms with Gasteiger partial charge in [0, 0.05) is 17.3 Å². The van der Waals surface area contributed by atoms with Gasteiger partial charge in [-0.25, -0.2) is 0 Å². The lowest BCUT2D eigenvalue weighted by atomic mass is 10.2. The Morgan fingerprint density at radius 1 is 1.08 bits per heavy atom. The number of hydrogen-bond acceptors (Lipinski definition) is 5. The van der Waals surface area contributed by atoms with E-state index < -0.39 is 0 Å². The highest BCUT2D eigenvalue weighted by atomic mass is 79.9. The summed E-state index contributed by atoms with van der Waals surface area (Å²) in [5.74, 6) is 3.25. The number of rotatable bonds is 7. The van der Waals surface area contributed by atoms with Gasteiger partial charge in [0.05, 0.1) is 7.11 Å². The van der Waals surface area contributed by atoms with Crippen molar-refractivity contribution in [2.24, 2.45) is 7.05 Å². The van der Waals surface area contributed by atoms with Gasteiger partial charge in [0.2, 0.25) is 0 Å². The predicted octanol–water partition coefficient (Wildman–Crippen LogP) is 4.46. The van der Waals surface area contributed by atoms with Crippen molar-refractivity contribution < 1.29 is 9.47 Å². The topological polar surface area (TPSA) is 49.2 Å². The SMILES string of the molecule is COc1cccc(CSc2nnc(COc3ccc(Br)cc3)n2C)c1. The number of nitrogens with zero attached hydrogens (tertiary/aromatic N) is 3. The van der Waals surface area contributed by atoms with Crippen LogP contribution in [0.25, 0.3) is 0 Å². The molecule has 0 aliphatic heterocycles. The molecule has 0 aliphatic carbocycles. The fourth-order valence-corrected chi connectivity index (χ4v) is 3.32. The fourth-order valence-electron chi connectivity index (χ4n) is 2.19. The summed E-state index contributed by atoms with van der Waals surface area (Å²) in [4.78, 5) is 0. The number of aromatic nitrogens is 3. The van der Waals surface area contributed by atoms with Crippen LogP contribution in [0, 0.1) is 0 Å². The molecule has 0 amide bonds. The summed E-state index contributed by atoms with van der Waals surface area (Å²) in [6, 6.07) is 15.8. The number of methoxy groups -OCH3 is 1. The van der Waals surface area contributed by atoms with Crippen molar-refractivity contribution in [3.8, 4) is 11.5 Å². The molecular formula is C18H18BrN3O2S. The number of halogens is 1. The van der Waals surface area contributed by atoms with Gasteiger partial charge >= 0.3 is 0 Å². The van der Waals surface area contributed by atoms with Crippen LogP contribution < -0.4 is 9.47 Å². The first kappa shape index (κ1) is 17.8. The fraction of sp³-hybridized carbons (Fsp3) is 0.222. The maximum atomic E-state index is 5.76. The first-order valence-corrected chi connectivity index (χ1v) is 9.46. The van der Waals surface area contributed by atoms with Gasteiger partial charge in [-0.05, 0) is 42.0 Å². The molecule has 1 heterocycles. The van der Waals surface area contributed by atoms with Gasteiger partial charge in [0.1, 0.15) is 18.1 Å². The highest BCUT2D eigenvalue weighted by molar-refractivity contribution is 9.10. The summed E-state index contributed by atoms with van der Waals surface area (Å²) in [6.07, 6.45) is 0. The standard InChI is InChI=1S/C18H18BrN3O2S/c1-22-17(11-24-15-8-6-14(19)7-9-15)20-21-18(22)25-12-13-4-3-5-16(10-13)23-2/h3-10H,11-12H2,1-2H3. The summed E-state index contributed by atoms with van der Waals surface area (Å²) >= 11 is 5.05. The van der Waals surface area contributed by atoms with E-state index in [-0.39, 0.29) is 0 Å². The molecule has 0 bridgehead atoms. The van der Waals surface area contributed by atoms with Crippen molar-refractivity contribution in [2.45, 2.75) is 17.5 Å². The minimum atomic E-state index is 0.380. The van der Waals surface area contributed by atoms with Crippen molar-refractivity contribution in [3.63, 3.8) is 0 Å². The lowest BCUT2D eigenvalue weighted by Crippen LogP contribution is -2.04. The highest BCUT2D eigenvalue weighted by Gasteiger charge is 2.10. The molecule has 5 nitrogen and oxygen atoms in total. The van der Waals surface area contributed by atoms with Crippen LogP contribution in [0.3, 0.4) is 0 Å². The molecule has 0 fully saturated rings. The van der Waals surface area contributed by atoms with Crippen LogP contribution in [0.1, 0.15) is 11.4 Å². The Morgan fingerprint density at radius 2 is 1.88 bits per heavy atom. The van der Waals surface area contributed by atoms with Crippen LogP contribution in [-0.4, -0.2) is 21.9 Å². The molecule has 0 unspecified atom stereocenters. The van der Waals surface area contributed by atoms with Gasteiger partial charge in [-0.2, -0.15) is 0 Å². The van der Waals surface area contributed by atoms with Crippen LogP contribution in [0.4, 0.5) is 0 Å². The van der Waals surface area contributed by atoms with E-state index >= 15 is 0 Å². The van der Waals surface area contributed by atoms with Gasteiger partial charge in [0.15, 0.2) is 11.0 Å². The Morgan fingerprint density at radius 3 is 2.64 bits per heavy atom. The third-order valence-electron chi connectivity index (χ3n) is 3.61. The number of thioether (sulfide) groups is 1. The van der Waals surface area contributed by atoms with E-state index in [1.54, 1.807) is 18.9 Å². The smallest absolute Gasteiger partial charge is 0.191 e. The Hall–Kier alpha value is -1.99. The average molecular weight is 420 g/mol. The first-order chi connectivity index (χ1) is 12.2. The summed E-state index contributed by atoms with van der Waals surface area (Å²) in [7, 11) is 3.63. The second kappa shape index (κ2) is 8.40. The third-order valence-corrected chi connectivity index (χ3v) is 5.23. The van der Waals surface area contributed by atoms with E-state index in [1.165, 1.54) is 5.56 Å². The Balaban J connectivity index is 1.59. The van der Waals surface area contributed by atoms with E-state index in [0.717, 1.165) is 32.7 Å². The lowest BCUT2D eigenvalue weighted by Gasteiger charge is -2.07. The van der Waals surface area contributed by atoms with E-state index in [9.17, 15) is 0 Å². The average Bonchev–Trinajstić information content (AvgIpc) is 2.99. The summed E-state index contributed by atoms with van der Waals surface area (Å²) < 4.78 is 14.0.